The predicted molar refractivity (Wildman–Crippen MR) is 211 cm³/mol. The van der Waals surface area contributed by atoms with Gasteiger partial charge in [-0.1, -0.05) is 26.5 Å². The lowest BCUT2D eigenvalue weighted by molar-refractivity contribution is -0.154. The van der Waals surface area contributed by atoms with Crippen LogP contribution in [0.15, 0.2) is 55.1 Å². The Bertz CT molecular complexity index is 1980. The first kappa shape index (κ1) is 42.5. The van der Waals surface area contributed by atoms with E-state index in [1.54, 1.807) is 71.0 Å². The van der Waals surface area contributed by atoms with Crippen LogP contribution in [0.4, 0.5) is 10.5 Å². The van der Waals surface area contributed by atoms with Crippen molar-refractivity contribution in [2.24, 2.45) is 17.6 Å². The number of nitrogen functional groups attached to an aromatic ring is 1. The van der Waals surface area contributed by atoms with Gasteiger partial charge in [0, 0.05) is 40.0 Å². The van der Waals surface area contributed by atoms with Gasteiger partial charge in [-0.15, -0.1) is 0 Å². The number of anilines is 1. The Morgan fingerprint density at radius 1 is 1.00 bits per heavy atom. The zero-order valence-electron chi connectivity index (χ0n) is 32.7. The SMILES string of the molecule is C=Cc1cc(C(=O)Nc2ccc(C(=N)N)cc2)c(-c2ccc(C(=O)NCC3CC3)nc2C(=O)OCC(C)OC(=O)[C@@H](NC(=O)OC(C)(C)C)C(C)C)cc1OC. The number of amidine groups is 1. The zero-order valence-corrected chi connectivity index (χ0v) is 32.7. The van der Waals surface area contributed by atoms with E-state index in [0.717, 1.165) is 12.8 Å². The highest BCUT2D eigenvalue weighted by Crippen LogP contribution is 2.35. The molecule has 1 aliphatic carbocycles. The number of aromatic nitrogens is 1. The number of nitrogens with one attached hydrogen (secondary N) is 4. The van der Waals surface area contributed by atoms with Gasteiger partial charge < -0.3 is 40.6 Å². The summed E-state index contributed by atoms with van der Waals surface area (Å²) in [7, 11) is 1.44. The second kappa shape index (κ2) is 18.4. The molecule has 1 unspecified atom stereocenters. The summed E-state index contributed by atoms with van der Waals surface area (Å²) in [6, 6.07) is 11.4. The van der Waals surface area contributed by atoms with Crippen LogP contribution in [0.25, 0.3) is 17.2 Å². The van der Waals surface area contributed by atoms with Crippen LogP contribution in [-0.4, -0.2) is 78.7 Å². The molecule has 1 aliphatic rings. The van der Waals surface area contributed by atoms with Gasteiger partial charge in [0.05, 0.1) is 7.11 Å². The van der Waals surface area contributed by atoms with Crippen molar-refractivity contribution in [3.05, 3.63) is 83.2 Å². The molecule has 6 N–H and O–H groups in total. The maximum atomic E-state index is 13.9. The van der Waals surface area contributed by atoms with E-state index in [2.05, 4.69) is 27.5 Å². The van der Waals surface area contributed by atoms with Crippen molar-refractivity contribution >= 4 is 47.4 Å². The van der Waals surface area contributed by atoms with Crippen LogP contribution < -0.4 is 26.4 Å². The number of amides is 3. The standard InChI is InChI=1S/C41H50N6O9/c1-9-25-18-30(36(48)45-27-14-12-26(13-15-27)35(42)43)29(19-32(25)53-8)28-16-17-31(37(49)44-20-24-10-11-24)46-34(28)38(50)54-21-23(4)55-39(51)33(22(2)3)47-40(52)56-41(5,6)7/h9,12-19,22-24,33H,1,10-11,20-21H2,2-8H3,(H3,42,43)(H,44,49)(H,45,48)(H,47,52)/t23?,33-/m0/s1. The van der Waals surface area contributed by atoms with Gasteiger partial charge in [-0.05, 0) is 101 Å². The maximum Gasteiger partial charge on any atom is 0.408 e. The average Bonchev–Trinajstić information content (AvgIpc) is 3.98. The Hall–Kier alpha value is -6.25. The number of rotatable bonds is 16. The molecular formula is C41H50N6O9. The van der Waals surface area contributed by atoms with Crippen LogP contribution in [0.1, 0.15) is 96.8 Å². The minimum absolute atomic E-state index is 0.0555. The quantitative estimate of drug-likeness (QED) is 0.0514. The van der Waals surface area contributed by atoms with E-state index in [1.165, 1.54) is 32.2 Å². The van der Waals surface area contributed by atoms with Gasteiger partial charge in [0.1, 0.15) is 41.6 Å². The molecule has 3 aromatic rings. The molecule has 0 aliphatic heterocycles. The van der Waals surface area contributed by atoms with Gasteiger partial charge >= 0.3 is 18.0 Å². The second-order valence-corrected chi connectivity index (χ2v) is 14.7. The van der Waals surface area contributed by atoms with Crippen molar-refractivity contribution in [2.45, 2.75) is 72.1 Å². The molecule has 1 fully saturated rings. The second-order valence-electron chi connectivity index (χ2n) is 14.7. The maximum absolute atomic E-state index is 13.9. The van der Waals surface area contributed by atoms with Gasteiger partial charge in [0.2, 0.25) is 0 Å². The van der Waals surface area contributed by atoms with Gasteiger partial charge in [0.25, 0.3) is 11.8 Å². The van der Waals surface area contributed by atoms with E-state index < -0.39 is 54.2 Å². The van der Waals surface area contributed by atoms with Crippen LogP contribution in [0.2, 0.25) is 0 Å². The predicted octanol–water partition coefficient (Wildman–Crippen LogP) is 5.71. The summed E-state index contributed by atoms with van der Waals surface area (Å²) in [5, 5.41) is 15.8. The minimum Gasteiger partial charge on any atom is -0.496 e. The molecule has 2 atom stereocenters. The summed E-state index contributed by atoms with van der Waals surface area (Å²) in [5.41, 5.74) is 6.29. The Kier molecular flexibility index (Phi) is 14.0. The first-order valence-electron chi connectivity index (χ1n) is 18.2. The number of benzene rings is 2. The van der Waals surface area contributed by atoms with Crippen molar-refractivity contribution in [1.29, 1.82) is 5.41 Å². The Balaban J connectivity index is 1.66. The number of pyridine rings is 1. The molecule has 1 heterocycles. The smallest absolute Gasteiger partial charge is 0.408 e. The number of alkyl carbamates (subject to hydrolysis) is 1. The summed E-state index contributed by atoms with van der Waals surface area (Å²) in [4.78, 5) is 71.0. The third kappa shape index (κ3) is 11.6. The lowest BCUT2D eigenvalue weighted by Gasteiger charge is -2.25. The molecule has 15 nitrogen and oxygen atoms in total. The van der Waals surface area contributed by atoms with Crippen molar-refractivity contribution in [1.82, 2.24) is 15.6 Å². The molecule has 0 spiro atoms. The minimum atomic E-state index is -1.05. The molecule has 1 aromatic heterocycles. The van der Waals surface area contributed by atoms with E-state index in [9.17, 15) is 24.0 Å². The van der Waals surface area contributed by atoms with Crippen LogP contribution in [0.5, 0.6) is 5.75 Å². The van der Waals surface area contributed by atoms with Crippen LogP contribution in [0, 0.1) is 17.2 Å². The Morgan fingerprint density at radius 3 is 2.25 bits per heavy atom. The fraction of sp³-hybridized carbons (Fsp3) is 0.390. The molecule has 3 amide bonds. The highest BCUT2D eigenvalue weighted by Gasteiger charge is 2.31. The molecule has 15 heteroatoms. The summed E-state index contributed by atoms with van der Waals surface area (Å²) < 4.78 is 22.0. The van der Waals surface area contributed by atoms with Crippen molar-refractivity contribution < 1.29 is 42.9 Å². The van der Waals surface area contributed by atoms with Crippen LogP contribution in [0.3, 0.4) is 0 Å². The first-order chi connectivity index (χ1) is 26.4. The highest BCUT2D eigenvalue weighted by molar-refractivity contribution is 6.11. The van der Waals surface area contributed by atoms with E-state index >= 15 is 0 Å². The molecule has 0 radical (unpaired) electrons. The summed E-state index contributed by atoms with van der Waals surface area (Å²) >= 11 is 0. The number of ether oxygens (including phenoxy) is 4. The number of carbonyl (C=O) groups is 5. The number of hydrogen-bond donors (Lipinski definition) is 5. The number of nitrogens with zero attached hydrogens (tertiary/aromatic N) is 1. The van der Waals surface area contributed by atoms with Gasteiger partial charge in [-0.25, -0.2) is 19.4 Å². The fourth-order valence-electron chi connectivity index (χ4n) is 5.38. The topological polar surface area (TPSA) is 221 Å². The van der Waals surface area contributed by atoms with Crippen molar-refractivity contribution in [2.75, 3.05) is 25.6 Å². The molecule has 56 heavy (non-hydrogen) atoms. The number of methoxy groups -OCH3 is 1. The monoisotopic (exact) mass is 770 g/mol. The Labute approximate surface area is 326 Å². The summed E-state index contributed by atoms with van der Waals surface area (Å²) in [5.74, 6) is -2.56. The molecule has 4 rings (SSSR count). The lowest BCUT2D eigenvalue weighted by atomic mass is 9.94. The largest absolute Gasteiger partial charge is 0.496 e. The van der Waals surface area contributed by atoms with E-state index in [4.69, 9.17) is 30.1 Å². The van der Waals surface area contributed by atoms with Crippen LogP contribution >= 0.6 is 0 Å². The number of esters is 2. The van der Waals surface area contributed by atoms with Crippen molar-refractivity contribution in [3.8, 4) is 16.9 Å². The molecule has 2 aromatic carbocycles. The van der Waals surface area contributed by atoms with E-state index in [0.29, 0.717) is 35.0 Å². The number of nitrogens with two attached hydrogens (primary N) is 1. The summed E-state index contributed by atoms with van der Waals surface area (Å²) in [6.45, 7) is 13.9. The van der Waals surface area contributed by atoms with Gasteiger partial charge in [-0.2, -0.15) is 0 Å². The molecule has 0 saturated heterocycles. The molecule has 0 bridgehead atoms. The number of hydrogen-bond acceptors (Lipinski definition) is 11. The number of carbonyl (C=O) groups excluding carboxylic acids is 5. The summed E-state index contributed by atoms with van der Waals surface area (Å²) in [6.07, 6.45) is 1.77. The highest BCUT2D eigenvalue weighted by atomic mass is 16.6. The van der Waals surface area contributed by atoms with Crippen molar-refractivity contribution in [3.63, 3.8) is 0 Å². The first-order valence-corrected chi connectivity index (χ1v) is 18.2. The van der Waals surface area contributed by atoms with Gasteiger partial charge in [-0.3, -0.25) is 15.0 Å². The zero-order chi connectivity index (χ0) is 41.3. The van der Waals surface area contributed by atoms with E-state index in [1.807, 2.05) is 0 Å². The molecular weight excluding hydrogens is 720 g/mol. The normalized spacial score (nSPS) is 13.4. The van der Waals surface area contributed by atoms with Gasteiger partial charge in [0.15, 0.2) is 5.69 Å². The van der Waals surface area contributed by atoms with Crippen LogP contribution in [-0.2, 0) is 19.0 Å². The third-order valence-corrected chi connectivity index (χ3v) is 8.51. The third-order valence-electron chi connectivity index (χ3n) is 8.51. The van der Waals surface area contributed by atoms with E-state index in [-0.39, 0.29) is 39.8 Å². The molecule has 1 saturated carbocycles. The Morgan fingerprint density at radius 2 is 1.68 bits per heavy atom. The lowest BCUT2D eigenvalue weighted by Crippen LogP contribution is -2.48. The molecule has 298 valence electrons. The fourth-order valence-corrected chi connectivity index (χ4v) is 5.38. The average molecular weight is 771 g/mol.